The molecule has 1 aliphatic carbocycles. The van der Waals surface area contributed by atoms with E-state index >= 15 is 0 Å². The van der Waals surface area contributed by atoms with Crippen LogP contribution in [0.25, 0.3) is 0 Å². The van der Waals surface area contributed by atoms with E-state index in [1.807, 2.05) is 0 Å². The van der Waals surface area contributed by atoms with Crippen molar-refractivity contribution < 1.29 is 19.8 Å². The van der Waals surface area contributed by atoms with Gasteiger partial charge in [0.05, 0.1) is 11.7 Å². The number of carbonyl (C=O) groups is 2. The molecular weight excluding hydrogens is 284 g/mol. The lowest BCUT2D eigenvalue weighted by Crippen LogP contribution is -2.41. The van der Waals surface area contributed by atoms with Crippen LogP contribution in [0.2, 0.25) is 0 Å². The summed E-state index contributed by atoms with van der Waals surface area (Å²) in [4.78, 5) is 22.5. The summed E-state index contributed by atoms with van der Waals surface area (Å²) in [5.74, 6) is -0.836. The minimum atomic E-state index is -0.969. The van der Waals surface area contributed by atoms with Crippen LogP contribution in [0, 0.1) is 5.92 Å². The smallest absolute Gasteiger partial charge is 0.335 e. The lowest BCUT2D eigenvalue weighted by molar-refractivity contribution is 0.0694. The van der Waals surface area contributed by atoms with E-state index in [-0.39, 0.29) is 23.6 Å². The number of aliphatic hydroxyl groups is 1. The van der Waals surface area contributed by atoms with Gasteiger partial charge in [0.2, 0.25) is 0 Å². The van der Waals surface area contributed by atoms with Crippen molar-refractivity contribution in [1.29, 1.82) is 0 Å². The van der Waals surface area contributed by atoms with Crippen LogP contribution < -0.4 is 10.6 Å². The van der Waals surface area contributed by atoms with Crippen LogP contribution >= 0.6 is 0 Å². The zero-order valence-electron chi connectivity index (χ0n) is 12.4. The Morgan fingerprint density at radius 1 is 1.09 bits per heavy atom. The highest BCUT2D eigenvalue weighted by atomic mass is 16.4. The van der Waals surface area contributed by atoms with Crippen LogP contribution in [0.15, 0.2) is 24.3 Å². The summed E-state index contributed by atoms with van der Waals surface area (Å²) >= 11 is 0. The molecule has 0 spiro atoms. The standard InChI is InChI=1S/C16H22N2O4/c19-14-4-2-1-3-13(14)10-18-16(22)17-9-11-5-7-12(8-6-11)15(20)21/h5-8,13-14,19H,1-4,9-10H2,(H,20,21)(H2,17,18,22)/t13-,14+/m1/s1. The molecule has 0 saturated heterocycles. The molecule has 2 atom stereocenters. The van der Waals surface area contributed by atoms with Crippen molar-refractivity contribution in [2.24, 2.45) is 5.92 Å². The molecule has 0 aromatic heterocycles. The van der Waals surface area contributed by atoms with Gasteiger partial charge in [-0.15, -0.1) is 0 Å². The Morgan fingerprint density at radius 3 is 2.41 bits per heavy atom. The van der Waals surface area contributed by atoms with E-state index in [1.165, 1.54) is 12.1 Å². The summed E-state index contributed by atoms with van der Waals surface area (Å²) in [6.45, 7) is 0.809. The van der Waals surface area contributed by atoms with Crippen molar-refractivity contribution in [2.45, 2.75) is 38.3 Å². The number of carboxylic acids is 1. The summed E-state index contributed by atoms with van der Waals surface area (Å²) in [7, 11) is 0. The number of carbonyl (C=O) groups excluding carboxylic acids is 1. The second kappa shape index (κ2) is 7.79. The molecule has 2 amide bonds. The monoisotopic (exact) mass is 306 g/mol. The highest BCUT2D eigenvalue weighted by Crippen LogP contribution is 2.23. The molecule has 0 heterocycles. The van der Waals surface area contributed by atoms with E-state index in [9.17, 15) is 14.7 Å². The van der Waals surface area contributed by atoms with Crippen molar-refractivity contribution in [1.82, 2.24) is 10.6 Å². The molecule has 1 saturated carbocycles. The Bertz CT molecular complexity index is 515. The van der Waals surface area contributed by atoms with Crippen LogP contribution in [-0.2, 0) is 6.54 Å². The SMILES string of the molecule is O=C(NCc1ccc(C(=O)O)cc1)NC[C@H]1CCCC[C@@H]1O. The maximum atomic E-state index is 11.7. The zero-order chi connectivity index (χ0) is 15.9. The molecule has 4 N–H and O–H groups in total. The van der Waals surface area contributed by atoms with Gasteiger partial charge in [0.15, 0.2) is 0 Å². The third-order valence-corrected chi connectivity index (χ3v) is 4.05. The maximum absolute atomic E-state index is 11.7. The Morgan fingerprint density at radius 2 is 1.77 bits per heavy atom. The summed E-state index contributed by atoms with van der Waals surface area (Å²) in [5, 5.41) is 24.2. The third kappa shape index (κ3) is 4.73. The minimum absolute atomic E-state index is 0.134. The maximum Gasteiger partial charge on any atom is 0.335 e. The first-order valence-electron chi connectivity index (χ1n) is 7.58. The van der Waals surface area contributed by atoms with Crippen molar-refractivity contribution in [3.63, 3.8) is 0 Å². The molecule has 0 aliphatic heterocycles. The largest absolute Gasteiger partial charge is 0.478 e. The molecule has 1 aromatic carbocycles. The quantitative estimate of drug-likeness (QED) is 0.666. The highest BCUT2D eigenvalue weighted by Gasteiger charge is 2.23. The first kappa shape index (κ1) is 16.3. The molecule has 2 rings (SSSR count). The van der Waals surface area contributed by atoms with Crippen molar-refractivity contribution in [2.75, 3.05) is 6.54 Å². The average molecular weight is 306 g/mol. The third-order valence-electron chi connectivity index (χ3n) is 4.05. The Hall–Kier alpha value is -2.08. The van der Waals surface area contributed by atoms with Gasteiger partial charge in [-0.2, -0.15) is 0 Å². The number of rotatable bonds is 5. The van der Waals surface area contributed by atoms with E-state index in [0.29, 0.717) is 13.1 Å². The fourth-order valence-corrected chi connectivity index (χ4v) is 2.66. The predicted molar refractivity (Wildman–Crippen MR) is 81.6 cm³/mol. The molecule has 1 fully saturated rings. The van der Waals surface area contributed by atoms with Crippen LogP contribution in [0.1, 0.15) is 41.6 Å². The topological polar surface area (TPSA) is 98.7 Å². The van der Waals surface area contributed by atoms with Crippen molar-refractivity contribution >= 4 is 12.0 Å². The Labute approximate surface area is 129 Å². The number of nitrogens with one attached hydrogen (secondary N) is 2. The van der Waals surface area contributed by atoms with Gasteiger partial charge in [0.1, 0.15) is 0 Å². The molecule has 120 valence electrons. The Balaban J connectivity index is 1.72. The minimum Gasteiger partial charge on any atom is -0.478 e. The molecule has 0 bridgehead atoms. The van der Waals surface area contributed by atoms with Gasteiger partial charge in [0.25, 0.3) is 0 Å². The second-order valence-electron chi connectivity index (χ2n) is 5.68. The van der Waals surface area contributed by atoms with E-state index in [0.717, 1.165) is 31.2 Å². The van der Waals surface area contributed by atoms with Gasteiger partial charge in [-0.05, 0) is 30.5 Å². The summed E-state index contributed by atoms with van der Waals surface area (Å²) in [6.07, 6.45) is 3.58. The number of aliphatic hydroxyl groups excluding tert-OH is 1. The normalized spacial score (nSPS) is 21.1. The molecule has 6 heteroatoms. The van der Waals surface area contributed by atoms with Crippen LogP contribution in [0.5, 0.6) is 0 Å². The van der Waals surface area contributed by atoms with E-state index in [4.69, 9.17) is 5.11 Å². The number of aromatic carboxylic acids is 1. The lowest BCUT2D eigenvalue weighted by Gasteiger charge is -2.27. The zero-order valence-corrected chi connectivity index (χ0v) is 12.4. The van der Waals surface area contributed by atoms with Gasteiger partial charge in [-0.3, -0.25) is 0 Å². The van der Waals surface area contributed by atoms with Crippen molar-refractivity contribution in [3.8, 4) is 0 Å². The fourth-order valence-electron chi connectivity index (χ4n) is 2.66. The van der Waals surface area contributed by atoms with Gasteiger partial charge < -0.3 is 20.8 Å². The molecule has 0 radical (unpaired) electrons. The molecule has 1 aliphatic rings. The molecule has 6 nitrogen and oxygen atoms in total. The van der Waals surface area contributed by atoms with Crippen LogP contribution in [0.3, 0.4) is 0 Å². The average Bonchev–Trinajstić information content (AvgIpc) is 2.52. The van der Waals surface area contributed by atoms with E-state index in [1.54, 1.807) is 12.1 Å². The number of benzene rings is 1. The lowest BCUT2D eigenvalue weighted by atomic mass is 9.86. The van der Waals surface area contributed by atoms with Gasteiger partial charge >= 0.3 is 12.0 Å². The number of hydrogen-bond acceptors (Lipinski definition) is 3. The number of amides is 2. The Kier molecular flexibility index (Phi) is 5.77. The summed E-state index contributed by atoms with van der Waals surface area (Å²) < 4.78 is 0. The van der Waals surface area contributed by atoms with E-state index in [2.05, 4.69) is 10.6 Å². The molecular formula is C16H22N2O4. The van der Waals surface area contributed by atoms with Crippen LogP contribution in [-0.4, -0.2) is 34.9 Å². The fraction of sp³-hybridized carbons (Fsp3) is 0.500. The number of hydrogen-bond donors (Lipinski definition) is 4. The van der Waals surface area contributed by atoms with Crippen molar-refractivity contribution in [3.05, 3.63) is 35.4 Å². The molecule has 1 aromatic rings. The van der Waals surface area contributed by atoms with Gasteiger partial charge in [-0.1, -0.05) is 25.0 Å². The van der Waals surface area contributed by atoms with Gasteiger partial charge in [-0.25, -0.2) is 9.59 Å². The number of urea groups is 1. The number of carboxylic acid groups (broad SMARTS) is 1. The van der Waals surface area contributed by atoms with Crippen LogP contribution in [0.4, 0.5) is 4.79 Å². The first-order valence-corrected chi connectivity index (χ1v) is 7.58. The van der Waals surface area contributed by atoms with E-state index < -0.39 is 5.97 Å². The summed E-state index contributed by atoms with van der Waals surface area (Å²) in [5.41, 5.74) is 1.05. The first-order chi connectivity index (χ1) is 10.6. The molecule has 22 heavy (non-hydrogen) atoms. The highest BCUT2D eigenvalue weighted by molar-refractivity contribution is 5.87. The predicted octanol–water partition coefficient (Wildman–Crippen LogP) is 1.74. The summed E-state index contributed by atoms with van der Waals surface area (Å²) in [6, 6.07) is 6.09. The van der Waals surface area contributed by atoms with Gasteiger partial charge in [0, 0.05) is 19.0 Å². The molecule has 0 unspecified atom stereocenters. The second-order valence-corrected chi connectivity index (χ2v) is 5.68.